The number of carbonyl (C=O) groups is 3. The Kier molecular flexibility index (Phi) is 10.1. The first kappa shape index (κ1) is 24.4. The van der Waals surface area contributed by atoms with Crippen LogP contribution in [0.4, 0.5) is 13.2 Å². The molecule has 0 aromatic heterocycles. The monoisotopic (exact) mass is 392 g/mol. The fraction of sp³-hybridized carbons (Fsp3) is 0.471. The Hall–Kier alpha value is -2.62. The van der Waals surface area contributed by atoms with Crippen LogP contribution in [0.25, 0.3) is 0 Å². The molecule has 152 valence electrons. The fourth-order valence-electron chi connectivity index (χ4n) is 1.93. The van der Waals surface area contributed by atoms with Gasteiger partial charge in [-0.25, -0.2) is 9.59 Å². The van der Waals surface area contributed by atoms with Crippen LogP contribution in [0.2, 0.25) is 0 Å². The highest BCUT2D eigenvalue weighted by atomic mass is 19.4. The number of hydrogen-bond acceptors (Lipinski definition) is 4. The van der Waals surface area contributed by atoms with E-state index in [2.05, 4.69) is 5.32 Å². The lowest BCUT2D eigenvalue weighted by atomic mass is 10.0. The van der Waals surface area contributed by atoms with Gasteiger partial charge in [0, 0.05) is 0 Å². The van der Waals surface area contributed by atoms with Crippen LogP contribution in [0, 0.1) is 5.92 Å². The molecule has 1 rings (SSSR count). The van der Waals surface area contributed by atoms with Crippen molar-refractivity contribution in [3.8, 4) is 0 Å². The van der Waals surface area contributed by atoms with Crippen LogP contribution >= 0.6 is 0 Å². The molecule has 1 amide bonds. The molecule has 0 heterocycles. The summed E-state index contributed by atoms with van der Waals surface area (Å²) in [6.07, 6.45) is -4.31. The summed E-state index contributed by atoms with van der Waals surface area (Å²) in [5, 5.41) is 18.7. The van der Waals surface area contributed by atoms with Gasteiger partial charge in [-0.3, -0.25) is 4.79 Å². The molecule has 2 unspecified atom stereocenters. The van der Waals surface area contributed by atoms with Gasteiger partial charge in [-0.1, -0.05) is 44.2 Å². The van der Waals surface area contributed by atoms with Gasteiger partial charge < -0.3 is 21.3 Å². The molecule has 0 saturated carbocycles. The molecule has 1 aromatic rings. The second-order valence-corrected chi connectivity index (χ2v) is 6.13. The molecule has 1 aromatic carbocycles. The van der Waals surface area contributed by atoms with E-state index in [1.54, 1.807) is 0 Å². The average Bonchev–Trinajstić information content (AvgIpc) is 2.54. The topological polar surface area (TPSA) is 130 Å². The Morgan fingerprint density at radius 3 is 1.96 bits per heavy atom. The number of carboxylic acid groups (broad SMARTS) is 2. The minimum atomic E-state index is -5.08. The number of rotatable bonds is 7. The number of nitrogens with two attached hydrogens (primary N) is 1. The van der Waals surface area contributed by atoms with Crippen molar-refractivity contribution in [2.45, 2.75) is 44.9 Å². The van der Waals surface area contributed by atoms with Gasteiger partial charge in [0.25, 0.3) is 0 Å². The summed E-state index contributed by atoms with van der Waals surface area (Å²) in [6, 6.07) is 7.78. The maximum atomic E-state index is 11.9. The number of nitrogens with one attached hydrogen (secondary N) is 1. The average molecular weight is 392 g/mol. The largest absolute Gasteiger partial charge is 0.490 e. The predicted molar refractivity (Wildman–Crippen MR) is 90.8 cm³/mol. The first-order valence-corrected chi connectivity index (χ1v) is 7.97. The number of benzene rings is 1. The number of carbonyl (C=O) groups excluding carboxylic acids is 1. The molecule has 27 heavy (non-hydrogen) atoms. The SMILES string of the molecule is CC(C)CC(NC(=O)C(N)Cc1ccccc1)C(=O)O.O=C(O)C(F)(F)F. The first-order chi connectivity index (χ1) is 12.3. The third kappa shape index (κ3) is 10.9. The summed E-state index contributed by atoms with van der Waals surface area (Å²) in [5.74, 6) is -4.03. The highest BCUT2D eigenvalue weighted by Gasteiger charge is 2.38. The van der Waals surface area contributed by atoms with Crippen molar-refractivity contribution in [2.75, 3.05) is 0 Å². The van der Waals surface area contributed by atoms with Crippen molar-refractivity contribution >= 4 is 17.8 Å². The van der Waals surface area contributed by atoms with E-state index in [1.165, 1.54) is 0 Å². The van der Waals surface area contributed by atoms with Crippen molar-refractivity contribution in [3.05, 3.63) is 35.9 Å². The Labute approximate surface area is 154 Å². The first-order valence-electron chi connectivity index (χ1n) is 7.97. The van der Waals surface area contributed by atoms with E-state index in [4.69, 9.17) is 20.7 Å². The fourth-order valence-corrected chi connectivity index (χ4v) is 1.93. The lowest BCUT2D eigenvalue weighted by Crippen LogP contribution is -2.49. The van der Waals surface area contributed by atoms with E-state index >= 15 is 0 Å². The van der Waals surface area contributed by atoms with Gasteiger partial charge in [0.2, 0.25) is 5.91 Å². The second-order valence-electron chi connectivity index (χ2n) is 6.13. The minimum Gasteiger partial charge on any atom is -0.480 e. The number of halogens is 3. The van der Waals surface area contributed by atoms with Crippen molar-refractivity contribution in [1.29, 1.82) is 0 Å². The molecule has 0 bridgehead atoms. The van der Waals surface area contributed by atoms with E-state index in [0.29, 0.717) is 12.8 Å². The number of carboxylic acids is 2. The van der Waals surface area contributed by atoms with Crippen molar-refractivity contribution < 1.29 is 37.8 Å². The van der Waals surface area contributed by atoms with Gasteiger partial charge >= 0.3 is 18.1 Å². The maximum Gasteiger partial charge on any atom is 0.490 e. The zero-order chi connectivity index (χ0) is 21.2. The molecule has 0 aliphatic heterocycles. The van der Waals surface area contributed by atoms with Crippen LogP contribution in [0.5, 0.6) is 0 Å². The van der Waals surface area contributed by atoms with Gasteiger partial charge in [-0.05, 0) is 24.3 Å². The van der Waals surface area contributed by atoms with Gasteiger partial charge in [-0.15, -0.1) is 0 Å². The predicted octanol–water partition coefficient (Wildman–Crippen LogP) is 1.81. The number of alkyl halides is 3. The van der Waals surface area contributed by atoms with E-state index in [0.717, 1.165) is 5.56 Å². The van der Waals surface area contributed by atoms with Gasteiger partial charge in [-0.2, -0.15) is 13.2 Å². The lowest BCUT2D eigenvalue weighted by Gasteiger charge is -2.19. The molecule has 2 atom stereocenters. The zero-order valence-electron chi connectivity index (χ0n) is 14.9. The molecule has 0 radical (unpaired) electrons. The highest BCUT2D eigenvalue weighted by molar-refractivity contribution is 5.86. The summed E-state index contributed by atoms with van der Waals surface area (Å²) in [7, 11) is 0. The Balaban J connectivity index is 0.000000821. The summed E-state index contributed by atoms with van der Waals surface area (Å²) < 4.78 is 31.7. The summed E-state index contributed by atoms with van der Waals surface area (Å²) in [6.45, 7) is 3.82. The summed E-state index contributed by atoms with van der Waals surface area (Å²) in [4.78, 5) is 31.9. The number of aliphatic carboxylic acids is 2. The molecule has 0 saturated heterocycles. The molecular formula is C17H23F3N2O5. The smallest absolute Gasteiger partial charge is 0.480 e. The third-order valence-corrected chi connectivity index (χ3v) is 3.20. The van der Waals surface area contributed by atoms with Crippen molar-refractivity contribution in [2.24, 2.45) is 11.7 Å². The van der Waals surface area contributed by atoms with Crippen LogP contribution in [0.1, 0.15) is 25.8 Å². The van der Waals surface area contributed by atoms with Crippen molar-refractivity contribution in [1.82, 2.24) is 5.32 Å². The van der Waals surface area contributed by atoms with Crippen LogP contribution in [-0.4, -0.2) is 46.3 Å². The molecule has 0 fully saturated rings. The molecule has 10 heteroatoms. The Morgan fingerprint density at radius 1 is 1.11 bits per heavy atom. The van der Waals surface area contributed by atoms with E-state index < -0.39 is 36.1 Å². The van der Waals surface area contributed by atoms with Gasteiger partial charge in [0.15, 0.2) is 0 Å². The summed E-state index contributed by atoms with van der Waals surface area (Å²) in [5.41, 5.74) is 6.77. The third-order valence-electron chi connectivity index (χ3n) is 3.20. The molecule has 7 nitrogen and oxygen atoms in total. The van der Waals surface area contributed by atoms with Gasteiger partial charge in [0.1, 0.15) is 6.04 Å². The standard InChI is InChI=1S/C15H22N2O3.C2HF3O2/c1-10(2)8-13(15(19)20)17-14(18)12(16)9-11-6-4-3-5-7-11;3-2(4,5)1(6)7/h3-7,10,12-13H,8-9,16H2,1-2H3,(H,17,18)(H,19,20);(H,6,7). The molecule has 0 aliphatic rings. The quantitative estimate of drug-likeness (QED) is 0.560. The lowest BCUT2D eigenvalue weighted by molar-refractivity contribution is -0.192. The number of amides is 1. The van der Waals surface area contributed by atoms with Gasteiger partial charge in [0.05, 0.1) is 6.04 Å². The zero-order valence-corrected chi connectivity index (χ0v) is 14.9. The van der Waals surface area contributed by atoms with Crippen LogP contribution in [-0.2, 0) is 20.8 Å². The van der Waals surface area contributed by atoms with Crippen molar-refractivity contribution in [3.63, 3.8) is 0 Å². The van der Waals surface area contributed by atoms with E-state index in [-0.39, 0.29) is 5.92 Å². The highest BCUT2D eigenvalue weighted by Crippen LogP contribution is 2.13. The summed E-state index contributed by atoms with van der Waals surface area (Å²) >= 11 is 0. The van der Waals surface area contributed by atoms with E-state index in [1.807, 2.05) is 44.2 Å². The second kappa shape index (κ2) is 11.2. The van der Waals surface area contributed by atoms with Crippen LogP contribution in [0.3, 0.4) is 0 Å². The maximum absolute atomic E-state index is 11.9. The number of hydrogen-bond donors (Lipinski definition) is 4. The van der Waals surface area contributed by atoms with Crippen LogP contribution in [0.15, 0.2) is 30.3 Å². The minimum absolute atomic E-state index is 0.182. The molecule has 0 aliphatic carbocycles. The molecule has 5 N–H and O–H groups in total. The normalized spacial score (nSPS) is 13.1. The Bertz CT molecular complexity index is 621. The molecular weight excluding hydrogens is 369 g/mol. The van der Waals surface area contributed by atoms with Crippen LogP contribution < -0.4 is 11.1 Å². The Morgan fingerprint density at radius 2 is 1.59 bits per heavy atom. The molecule has 0 spiro atoms. The van der Waals surface area contributed by atoms with E-state index in [9.17, 15) is 22.8 Å².